The van der Waals surface area contributed by atoms with Gasteiger partial charge in [0.05, 0.1) is 5.75 Å². The predicted molar refractivity (Wildman–Crippen MR) is 73.5 cm³/mol. The average Bonchev–Trinajstić information content (AvgIpc) is 2.20. The Bertz CT molecular complexity index is 398. The zero-order chi connectivity index (χ0) is 12.8. The summed E-state index contributed by atoms with van der Waals surface area (Å²) in [4.78, 5) is 11.3. The molecule has 1 rings (SSSR count). The van der Waals surface area contributed by atoms with Crippen LogP contribution in [-0.4, -0.2) is 17.7 Å². The van der Waals surface area contributed by atoms with Gasteiger partial charge in [0.15, 0.2) is 0 Å². The van der Waals surface area contributed by atoms with Crippen molar-refractivity contribution in [2.45, 2.75) is 25.6 Å². The van der Waals surface area contributed by atoms with Crippen LogP contribution in [0.4, 0.5) is 4.39 Å². The lowest BCUT2D eigenvalue weighted by Gasteiger charge is -2.08. The third-order valence-corrected chi connectivity index (χ3v) is 3.43. The van der Waals surface area contributed by atoms with Crippen molar-refractivity contribution < 1.29 is 9.18 Å². The van der Waals surface area contributed by atoms with Crippen LogP contribution in [0.2, 0.25) is 0 Å². The van der Waals surface area contributed by atoms with Crippen LogP contribution in [0.15, 0.2) is 22.7 Å². The second-order valence-corrected chi connectivity index (χ2v) is 5.85. The van der Waals surface area contributed by atoms with Crippen molar-refractivity contribution in [3.05, 3.63) is 34.1 Å². The molecule has 0 radical (unpaired) electrons. The molecule has 1 aromatic rings. The first-order valence-corrected chi connectivity index (χ1v) is 7.25. The Morgan fingerprint density at radius 1 is 1.53 bits per heavy atom. The molecule has 1 N–H and O–H groups in total. The van der Waals surface area contributed by atoms with Gasteiger partial charge in [-0.15, -0.1) is 11.8 Å². The van der Waals surface area contributed by atoms with Gasteiger partial charge < -0.3 is 5.32 Å². The Balaban J connectivity index is 2.38. The fourth-order valence-corrected chi connectivity index (χ4v) is 2.41. The minimum Gasteiger partial charge on any atom is -0.353 e. The Labute approximate surface area is 113 Å². The molecule has 17 heavy (non-hydrogen) atoms. The molecular formula is C12H15BrFNOS. The fraction of sp³-hybridized carbons (Fsp3) is 0.417. The molecule has 5 heteroatoms. The van der Waals surface area contributed by atoms with Crippen LogP contribution in [0.1, 0.15) is 19.4 Å². The minimum atomic E-state index is -0.240. The highest BCUT2D eigenvalue weighted by molar-refractivity contribution is 9.10. The lowest BCUT2D eigenvalue weighted by molar-refractivity contribution is -0.119. The van der Waals surface area contributed by atoms with Gasteiger partial charge in [-0.1, -0.05) is 22.0 Å². The zero-order valence-electron chi connectivity index (χ0n) is 9.80. The number of rotatable bonds is 5. The van der Waals surface area contributed by atoms with Crippen LogP contribution in [0.25, 0.3) is 0 Å². The molecule has 0 aliphatic carbocycles. The molecule has 0 spiro atoms. The SMILES string of the molecule is CC(C)NC(=O)CSCc1ccc(Br)cc1F. The molecular weight excluding hydrogens is 305 g/mol. The first-order valence-electron chi connectivity index (χ1n) is 5.30. The molecule has 0 fully saturated rings. The van der Waals surface area contributed by atoms with E-state index in [-0.39, 0.29) is 17.8 Å². The van der Waals surface area contributed by atoms with Crippen molar-refractivity contribution in [2.75, 3.05) is 5.75 Å². The zero-order valence-corrected chi connectivity index (χ0v) is 12.2. The van der Waals surface area contributed by atoms with Crippen molar-refractivity contribution in [3.8, 4) is 0 Å². The van der Waals surface area contributed by atoms with E-state index in [1.165, 1.54) is 17.8 Å². The van der Waals surface area contributed by atoms with E-state index in [2.05, 4.69) is 21.2 Å². The van der Waals surface area contributed by atoms with Gasteiger partial charge in [-0.3, -0.25) is 4.79 Å². The topological polar surface area (TPSA) is 29.1 Å². The van der Waals surface area contributed by atoms with E-state index in [0.717, 1.165) is 4.47 Å². The summed E-state index contributed by atoms with van der Waals surface area (Å²) in [7, 11) is 0. The van der Waals surface area contributed by atoms with E-state index < -0.39 is 0 Å². The fourth-order valence-electron chi connectivity index (χ4n) is 1.26. The lowest BCUT2D eigenvalue weighted by atomic mass is 10.2. The van der Waals surface area contributed by atoms with Gasteiger partial charge in [0.25, 0.3) is 0 Å². The maximum absolute atomic E-state index is 13.4. The maximum Gasteiger partial charge on any atom is 0.230 e. The largest absolute Gasteiger partial charge is 0.353 e. The molecule has 2 nitrogen and oxygen atoms in total. The number of carbonyl (C=O) groups is 1. The normalized spacial score (nSPS) is 10.6. The van der Waals surface area contributed by atoms with Crippen molar-refractivity contribution in [2.24, 2.45) is 0 Å². The van der Waals surface area contributed by atoms with Crippen molar-refractivity contribution in [1.82, 2.24) is 5.32 Å². The monoisotopic (exact) mass is 319 g/mol. The molecule has 0 aliphatic heterocycles. The van der Waals surface area contributed by atoms with Crippen molar-refractivity contribution >= 4 is 33.6 Å². The minimum absolute atomic E-state index is 0.0116. The summed E-state index contributed by atoms with van der Waals surface area (Å²) < 4.78 is 14.2. The Hall–Kier alpha value is -0.550. The Kier molecular flexibility index (Phi) is 5.98. The first-order chi connectivity index (χ1) is 7.99. The third kappa shape index (κ3) is 5.55. The highest BCUT2D eigenvalue weighted by Gasteiger charge is 2.06. The van der Waals surface area contributed by atoms with Crippen LogP contribution in [0.5, 0.6) is 0 Å². The summed E-state index contributed by atoms with van der Waals surface area (Å²) in [5.41, 5.74) is 0.621. The van der Waals surface area contributed by atoms with Gasteiger partial charge in [0.1, 0.15) is 5.82 Å². The molecule has 0 aliphatic rings. The molecule has 0 heterocycles. The standard InChI is InChI=1S/C12H15BrFNOS/c1-8(2)15-12(16)7-17-6-9-3-4-10(13)5-11(9)14/h3-5,8H,6-7H2,1-2H3,(H,15,16). The predicted octanol–water partition coefficient (Wildman–Crippen LogP) is 3.35. The molecule has 0 bridgehead atoms. The first kappa shape index (κ1) is 14.5. The van der Waals surface area contributed by atoms with Gasteiger partial charge in [-0.05, 0) is 31.5 Å². The van der Waals surface area contributed by atoms with Crippen molar-refractivity contribution in [3.63, 3.8) is 0 Å². The molecule has 1 aromatic carbocycles. The number of hydrogen-bond donors (Lipinski definition) is 1. The lowest BCUT2D eigenvalue weighted by Crippen LogP contribution is -2.31. The molecule has 0 saturated heterocycles. The summed E-state index contributed by atoms with van der Waals surface area (Å²) in [6.45, 7) is 3.83. The summed E-state index contributed by atoms with van der Waals surface area (Å²) in [5, 5.41) is 2.79. The van der Waals surface area contributed by atoms with E-state index >= 15 is 0 Å². The Morgan fingerprint density at radius 3 is 2.82 bits per heavy atom. The smallest absolute Gasteiger partial charge is 0.230 e. The number of thioether (sulfide) groups is 1. The number of hydrogen-bond acceptors (Lipinski definition) is 2. The van der Waals surface area contributed by atoms with Gasteiger partial charge in [-0.2, -0.15) is 0 Å². The molecule has 1 amide bonds. The summed E-state index contributed by atoms with van der Waals surface area (Å²) in [5.74, 6) is 0.608. The molecule has 0 atom stereocenters. The van der Waals surface area contributed by atoms with Gasteiger partial charge in [-0.25, -0.2) is 4.39 Å². The third-order valence-electron chi connectivity index (χ3n) is 1.96. The van der Waals surface area contributed by atoms with Gasteiger partial charge in [0, 0.05) is 16.3 Å². The van der Waals surface area contributed by atoms with Crippen LogP contribution in [-0.2, 0) is 10.5 Å². The van der Waals surface area contributed by atoms with Crippen LogP contribution in [0, 0.1) is 5.82 Å². The molecule has 0 saturated carbocycles. The van der Waals surface area contributed by atoms with E-state index in [1.807, 2.05) is 13.8 Å². The van der Waals surface area contributed by atoms with E-state index in [9.17, 15) is 9.18 Å². The quantitative estimate of drug-likeness (QED) is 0.901. The second-order valence-electron chi connectivity index (χ2n) is 3.95. The Morgan fingerprint density at radius 2 is 2.24 bits per heavy atom. The van der Waals surface area contributed by atoms with Crippen LogP contribution >= 0.6 is 27.7 Å². The van der Waals surface area contributed by atoms with Crippen molar-refractivity contribution in [1.29, 1.82) is 0 Å². The van der Waals surface area contributed by atoms with E-state index in [0.29, 0.717) is 17.1 Å². The highest BCUT2D eigenvalue weighted by atomic mass is 79.9. The average molecular weight is 320 g/mol. The number of nitrogens with one attached hydrogen (secondary N) is 1. The van der Waals surface area contributed by atoms with Crippen LogP contribution in [0.3, 0.4) is 0 Å². The molecule has 94 valence electrons. The summed E-state index contributed by atoms with van der Waals surface area (Å²) >= 11 is 4.61. The number of carbonyl (C=O) groups excluding carboxylic acids is 1. The number of halogens is 2. The van der Waals surface area contributed by atoms with E-state index in [4.69, 9.17) is 0 Å². The van der Waals surface area contributed by atoms with Gasteiger partial charge in [0.2, 0.25) is 5.91 Å². The van der Waals surface area contributed by atoms with E-state index in [1.54, 1.807) is 12.1 Å². The summed E-state index contributed by atoms with van der Waals surface area (Å²) in [6, 6.07) is 5.11. The molecule has 0 unspecified atom stereocenters. The maximum atomic E-state index is 13.4. The number of benzene rings is 1. The summed E-state index contributed by atoms with van der Waals surface area (Å²) in [6.07, 6.45) is 0. The van der Waals surface area contributed by atoms with Crippen LogP contribution < -0.4 is 5.32 Å². The molecule has 0 aromatic heterocycles. The number of amides is 1. The second kappa shape index (κ2) is 7.01. The van der Waals surface area contributed by atoms with Gasteiger partial charge >= 0.3 is 0 Å². The highest BCUT2D eigenvalue weighted by Crippen LogP contribution is 2.19.